The fourth-order valence-corrected chi connectivity index (χ4v) is 2.47. The molecule has 0 fully saturated rings. The Morgan fingerprint density at radius 1 is 1.55 bits per heavy atom. The largest absolute Gasteiger partial charge is 0.490 e. The van der Waals surface area contributed by atoms with Crippen molar-refractivity contribution < 1.29 is 18.3 Å². The highest BCUT2D eigenvalue weighted by molar-refractivity contribution is 5.82. The zero-order valence-electron chi connectivity index (χ0n) is 12.5. The van der Waals surface area contributed by atoms with Crippen LogP contribution < -0.4 is 4.74 Å². The molecule has 0 unspecified atom stereocenters. The number of nitriles is 1. The molecule has 1 amide bonds. The number of ether oxygens (including phenoxy) is 1. The molecule has 0 atom stereocenters. The van der Waals surface area contributed by atoms with Crippen molar-refractivity contribution in [2.45, 2.75) is 33.2 Å². The summed E-state index contributed by atoms with van der Waals surface area (Å²) in [6.45, 7) is 3.72. The number of rotatable bonds is 3. The van der Waals surface area contributed by atoms with E-state index in [1.807, 2.05) is 6.07 Å². The van der Waals surface area contributed by atoms with Crippen molar-refractivity contribution in [2.24, 2.45) is 5.41 Å². The van der Waals surface area contributed by atoms with Crippen LogP contribution in [-0.2, 0) is 11.3 Å². The zero-order valence-corrected chi connectivity index (χ0v) is 12.5. The quantitative estimate of drug-likeness (QED) is 0.859. The average Bonchev–Trinajstić information content (AvgIpc) is 2.66. The molecule has 2 heterocycles. The van der Waals surface area contributed by atoms with E-state index in [1.54, 1.807) is 0 Å². The number of hydrogen-bond donors (Lipinski definition) is 0. The molecular formula is C15H17F2N3O2. The predicted octanol–water partition coefficient (Wildman–Crippen LogP) is 2.36. The van der Waals surface area contributed by atoms with Crippen molar-refractivity contribution in [2.75, 3.05) is 13.2 Å². The third kappa shape index (κ3) is 3.32. The maximum atomic E-state index is 12.6. The van der Waals surface area contributed by atoms with Crippen LogP contribution in [0, 0.1) is 16.7 Å². The van der Waals surface area contributed by atoms with Gasteiger partial charge in [0.2, 0.25) is 12.3 Å². The lowest BCUT2D eigenvalue weighted by atomic mass is 9.87. The highest BCUT2D eigenvalue weighted by Gasteiger charge is 2.36. The number of hydrogen-bond acceptors (Lipinski definition) is 4. The SMILES string of the molecule is CC(C)(CC(F)F)C(=O)N1CCOc2c(C#N)cncc2C1. The van der Waals surface area contributed by atoms with E-state index in [9.17, 15) is 13.6 Å². The van der Waals surface area contributed by atoms with Gasteiger partial charge in [0.15, 0.2) is 0 Å². The molecule has 1 aromatic rings. The topological polar surface area (TPSA) is 66.2 Å². The van der Waals surface area contributed by atoms with Crippen LogP contribution in [0.15, 0.2) is 12.4 Å². The lowest BCUT2D eigenvalue weighted by Crippen LogP contribution is -2.42. The number of aromatic nitrogens is 1. The number of amides is 1. The highest BCUT2D eigenvalue weighted by atomic mass is 19.3. The van der Waals surface area contributed by atoms with E-state index in [0.29, 0.717) is 16.9 Å². The van der Waals surface area contributed by atoms with Crippen LogP contribution in [-0.4, -0.2) is 35.4 Å². The van der Waals surface area contributed by atoms with Crippen LogP contribution in [0.25, 0.3) is 0 Å². The monoisotopic (exact) mass is 309 g/mol. The maximum absolute atomic E-state index is 12.6. The van der Waals surface area contributed by atoms with Crippen LogP contribution in [0.4, 0.5) is 8.78 Å². The molecule has 0 saturated heterocycles. The molecule has 0 saturated carbocycles. The Morgan fingerprint density at radius 2 is 2.27 bits per heavy atom. The molecule has 2 rings (SSSR count). The number of carbonyl (C=O) groups is 1. The van der Waals surface area contributed by atoms with Gasteiger partial charge >= 0.3 is 0 Å². The molecule has 1 aliphatic rings. The number of carbonyl (C=O) groups excluding carboxylic acids is 1. The van der Waals surface area contributed by atoms with Gasteiger partial charge in [0, 0.05) is 29.8 Å². The fourth-order valence-electron chi connectivity index (χ4n) is 2.47. The Kier molecular flexibility index (Phi) is 4.59. The Balaban J connectivity index is 2.24. The molecule has 0 aromatic carbocycles. The standard InChI is InChI=1S/C15H17F2N3O2/c1-15(2,5-12(16)17)14(21)20-3-4-22-13-10(6-18)7-19-8-11(13)9-20/h7-8,12H,3-5,9H2,1-2H3. The molecule has 0 N–H and O–H groups in total. The Hall–Kier alpha value is -2.23. The molecule has 0 spiro atoms. The first-order valence-corrected chi connectivity index (χ1v) is 6.92. The van der Waals surface area contributed by atoms with Gasteiger partial charge in [0.05, 0.1) is 13.1 Å². The van der Waals surface area contributed by atoms with Gasteiger partial charge in [-0.05, 0) is 0 Å². The van der Waals surface area contributed by atoms with Crippen molar-refractivity contribution in [1.82, 2.24) is 9.88 Å². The first kappa shape index (κ1) is 16.1. The first-order valence-electron chi connectivity index (χ1n) is 6.92. The Labute approximate surface area is 127 Å². The normalized spacial score (nSPS) is 14.8. The molecule has 1 aliphatic heterocycles. The van der Waals surface area contributed by atoms with Crippen LogP contribution in [0.1, 0.15) is 31.4 Å². The van der Waals surface area contributed by atoms with Gasteiger partial charge in [-0.25, -0.2) is 8.78 Å². The summed E-state index contributed by atoms with van der Waals surface area (Å²) in [4.78, 5) is 18.0. The smallest absolute Gasteiger partial charge is 0.239 e. The van der Waals surface area contributed by atoms with E-state index in [2.05, 4.69) is 4.98 Å². The first-order chi connectivity index (χ1) is 10.3. The van der Waals surface area contributed by atoms with Gasteiger partial charge in [0.1, 0.15) is 24.0 Å². The van der Waals surface area contributed by atoms with E-state index < -0.39 is 18.3 Å². The molecule has 118 valence electrons. The van der Waals surface area contributed by atoms with Gasteiger partial charge in [-0.3, -0.25) is 9.78 Å². The molecule has 22 heavy (non-hydrogen) atoms. The minimum atomic E-state index is -2.54. The van der Waals surface area contributed by atoms with Crippen LogP contribution in [0.3, 0.4) is 0 Å². The summed E-state index contributed by atoms with van der Waals surface area (Å²) in [5.41, 5.74) is -0.241. The molecule has 0 radical (unpaired) electrons. The lowest BCUT2D eigenvalue weighted by Gasteiger charge is -2.30. The summed E-state index contributed by atoms with van der Waals surface area (Å²) in [6, 6.07) is 1.99. The number of pyridine rings is 1. The van der Waals surface area contributed by atoms with Gasteiger partial charge < -0.3 is 9.64 Å². The van der Waals surface area contributed by atoms with Crippen molar-refractivity contribution >= 4 is 5.91 Å². The summed E-state index contributed by atoms with van der Waals surface area (Å²) >= 11 is 0. The molecule has 0 bridgehead atoms. The van der Waals surface area contributed by atoms with Gasteiger partial charge in [0.25, 0.3) is 0 Å². The third-order valence-electron chi connectivity index (χ3n) is 3.59. The molecule has 0 aliphatic carbocycles. The Morgan fingerprint density at radius 3 is 2.91 bits per heavy atom. The van der Waals surface area contributed by atoms with Crippen molar-refractivity contribution in [1.29, 1.82) is 5.26 Å². The maximum Gasteiger partial charge on any atom is 0.239 e. The van der Waals surface area contributed by atoms with E-state index in [1.165, 1.54) is 31.1 Å². The minimum absolute atomic E-state index is 0.198. The molecule has 1 aromatic heterocycles. The van der Waals surface area contributed by atoms with E-state index >= 15 is 0 Å². The average molecular weight is 309 g/mol. The Bertz CT molecular complexity index is 611. The van der Waals surface area contributed by atoms with Gasteiger partial charge in [-0.1, -0.05) is 13.8 Å². The van der Waals surface area contributed by atoms with Crippen molar-refractivity contribution in [3.8, 4) is 11.8 Å². The summed E-state index contributed by atoms with van der Waals surface area (Å²) in [6.07, 6.45) is -0.104. The molecular weight excluding hydrogens is 292 g/mol. The van der Waals surface area contributed by atoms with E-state index in [4.69, 9.17) is 10.00 Å². The second kappa shape index (κ2) is 6.26. The molecule has 7 heteroatoms. The van der Waals surface area contributed by atoms with Crippen LogP contribution in [0.5, 0.6) is 5.75 Å². The van der Waals surface area contributed by atoms with Crippen molar-refractivity contribution in [3.63, 3.8) is 0 Å². The van der Waals surface area contributed by atoms with E-state index in [-0.39, 0.29) is 25.6 Å². The fraction of sp³-hybridized carbons (Fsp3) is 0.533. The van der Waals surface area contributed by atoms with Crippen molar-refractivity contribution in [3.05, 3.63) is 23.5 Å². The van der Waals surface area contributed by atoms with Gasteiger partial charge in [-0.15, -0.1) is 0 Å². The summed E-state index contributed by atoms with van der Waals surface area (Å²) in [7, 11) is 0. The molecule has 5 nitrogen and oxygen atoms in total. The van der Waals surface area contributed by atoms with Crippen LogP contribution >= 0.6 is 0 Å². The summed E-state index contributed by atoms with van der Waals surface area (Å²) in [5.74, 6) is 0.0612. The zero-order chi connectivity index (χ0) is 16.3. The predicted molar refractivity (Wildman–Crippen MR) is 74.3 cm³/mol. The highest BCUT2D eigenvalue weighted by Crippen LogP contribution is 2.31. The van der Waals surface area contributed by atoms with E-state index in [0.717, 1.165) is 0 Å². The third-order valence-corrected chi connectivity index (χ3v) is 3.59. The van der Waals surface area contributed by atoms with Crippen LogP contribution in [0.2, 0.25) is 0 Å². The van der Waals surface area contributed by atoms with Gasteiger partial charge in [-0.2, -0.15) is 5.26 Å². The second-order valence-electron chi connectivity index (χ2n) is 5.84. The number of alkyl halides is 2. The number of nitrogens with zero attached hydrogens (tertiary/aromatic N) is 3. The number of fused-ring (bicyclic) bond motifs is 1. The lowest BCUT2D eigenvalue weighted by molar-refractivity contribution is -0.143. The summed E-state index contributed by atoms with van der Waals surface area (Å²) in [5, 5.41) is 9.06. The summed E-state index contributed by atoms with van der Waals surface area (Å²) < 4.78 is 30.8. The minimum Gasteiger partial charge on any atom is -0.490 e. The second-order valence-corrected chi connectivity index (χ2v) is 5.84. The number of halogens is 2.